The molecule has 1 saturated carbocycles. The summed E-state index contributed by atoms with van der Waals surface area (Å²) in [6.45, 7) is 2.03. The molecule has 0 saturated heterocycles. The van der Waals surface area contributed by atoms with Gasteiger partial charge in [0.25, 0.3) is 5.56 Å². The molecule has 0 aromatic carbocycles. The maximum atomic E-state index is 12.3. The van der Waals surface area contributed by atoms with Crippen molar-refractivity contribution in [2.75, 3.05) is 12.4 Å². The Bertz CT molecular complexity index is 823. The lowest BCUT2D eigenvalue weighted by Gasteiger charge is -2.06. The van der Waals surface area contributed by atoms with Crippen molar-refractivity contribution in [3.05, 3.63) is 50.1 Å². The van der Waals surface area contributed by atoms with Crippen molar-refractivity contribution in [3.63, 3.8) is 0 Å². The van der Waals surface area contributed by atoms with Gasteiger partial charge in [-0.1, -0.05) is 0 Å². The average Bonchev–Trinajstić information content (AvgIpc) is 3.23. The van der Waals surface area contributed by atoms with E-state index in [4.69, 9.17) is 0 Å². The fourth-order valence-corrected chi connectivity index (χ4v) is 3.68. The minimum atomic E-state index is -0.574. The van der Waals surface area contributed by atoms with Crippen LogP contribution < -0.4 is 10.9 Å². The van der Waals surface area contributed by atoms with E-state index in [0.29, 0.717) is 0 Å². The van der Waals surface area contributed by atoms with Crippen LogP contribution >= 0.6 is 11.3 Å². The summed E-state index contributed by atoms with van der Waals surface area (Å²) < 4.78 is 4.60. The Morgan fingerprint density at radius 3 is 2.87 bits per heavy atom. The van der Waals surface area contributed by atoms with Crippen LogP contribution in [-0.4, -0.2) is 24.0 Å². The molecule has 120 valence electrons. The monoisotopic (exact) mass is 332 g/mol. The van der Waals surface area contributed by atoms with Gasteiger partial charge in [0.05, 0.1) is 12.7 Å². The molecule has 1 fully saturated rings. The van der Waals surface area contributed by atoms with Gasteiger partial charge in [-0.15, -0.1) is 11.3 Å². The molecule has 2 aromatic heterocycles. The van der Waals surface area contributed by atoms with Crippen molar-refractivity contribution in [3.8, 4) is 0 Å². The molecule has 2 heterocycles. The quantitative estimate of drug-likeness (QED) is 0.841. The van der Waals surface area contributed by atoms with Crippen LogP contribution in [0.2, 0.25) is 0 Å². The van der Waals surface area contributed by atoms with Crippen molar-refractivity contribution in [1.29, 1.82) is 0 Å². The standard InChI is InChI=1S/C16H16N2O4S/c1-8-3-4-23-13(8)10-6-11(10)14(19)18-12-5-9(16(21)22-2)7-17-15(12)20/h3-5,7,10-11H,6H2,1-2H3,(H,17,20)(H,18,19)/t10-,11+/m0/s1. The van der Waals surface area contributed by atoms with E-state index >= 15 is 0 Å². The van der Waals surface area contributed by atoms with Crippen molar-refractivity contribution < 1.29 is 14.3 Å². The molecule has 23 heavy (non-hydrogen) atoms. The number of aromatic amines is 1. The Morgan fingerprint density at radius 1 is 1.43 bits per heavy atom. The van der Waals surface area contributed by atoms with Crippen LogP contribution in [0.5, 0.6) is 0 Å². The first-order chi connectivity index (χ1) is 11.0. The number of thiophene rings is 1. The number of H-pyrrole nitrogens is 1. The number of methoxy groups -OCH3 is 1. The van der Waals surface area contributed by atoms with Crippen LogP contribution in [0.25, 0.3) is 0 Å². The predicted molar refractivity (Wildman–Crippen MR) is 86.9 cm³/mol. The van der Waals surface area contributed by atoms with Crippen molar-refractivity contribution >= 4 is 28.9 Å². The van der Waals surface area contributed by atoms with Gasteiger partial charge >= 0.3 is 5.97 Å². The molecule has 0 spiro atoms. The van der Waals surface area contributed by atoms with Gasteiger partial charge in [0.2, 0.25) is 5.91 Å². The molecule has 2 N–H and O–H groups in total. The molecule has 1 aliphatic rings. The normalized spacial score (nSPS) is 19.2. The third-order valence-electron chi connectivity index (χ3n) is 3.95. The van der Waals surface area contributed by atoms with Gasteiger partial charge in [-0.2, -0.15) is 0 Å². The molecular weight excluding hydrogens is 316 g/mol. The number of carbonyl (C=O) groups excluding carboxylic acids is 2. The largest absolute Gasteiger partial charge is 0.465 e. The maximum absolute atomic E-state index is 12.3. The minimum Gasteiger partial charge on any atom is -0.465 e. The van der Waals surface area contributed by atoms with E-state index in [9.17, 15) is 14.4 Å². The Kier molecular flexibility index (Phi) is 4.04. The number of hydrogen-bond donors (Lipinski definition) is 2. The van der Waals surface area contributed by atoms with Crippen LogP contribution in [0, 0.1) is 12.8 Å². The predicted octanol–water partition coefficient (Wildman–Crippen LogP) is 2.27. The molecule has 0 aliphatic heterocycles. The number of amides is 1. The molecule has 2 atom stereocenters. The molecule has 3 rings (SSSR count). The second kappa shape index (κ2) is 6.00. The number of nitrogens with one attached hydrogen (secondary N) is 2. The zero-order valence-electron chi connectivity index (χ0n) is 12.7. The fourth-order valence-electron chi connectivity index (χ4n) is 2.58. The van der Waals surface area contributed by atoms with E-state index in [-0.39, 0.29) is 29.0 Å². The van der Waals surface area contributed by atoms with Crippen LogP contribution in [0.15, 0.2) is 28.5 Å². The number of aryl methyl sites for hydroxylation is 1. The summed E-state index contributed by atoms with van der Waals surface area (Å²) in [6.07, 6.45) is 2.04. The molecule has 7 heteroatoms. The maximum Gasteiger partial charge on any atom is 0.339 e. The van der Waals surface area contributed by atoms with Crippen LogP contribution in [-0.2, 0) is 9.53 Å². The molecule has 1 aliphatic carbocycles. The number of aromatic nitrogens is 1. The van der Waals surface area contributed by atoms with Gasteiger partial charge in [0.1, 0.15) is 5.69 Å². The highest BCUT2D eigenvalue weighted by Crippen LogP contribution is 2.50. The van der Waals surface area contributed by atoms with E-state index in [2.05, 4.69) is 15.0 Å². The topological polar surface area (TPSA) is 88.3 Å². The Hall–Kier alpha value is -2.41. The molecule has 2 aromatic rings. The van der Waals surface area contributed by atoms with Crippen molar-refractivity contribution in [1.82, 2.24) is 4.98 Å². The Morgan fingerprint density at radius 2 is 2.22 bits per heavy atom. The van der Waals surface area contributed by atoms with Crippen molar-refractivity contribution in [2.24, 2.45) is 5.92 Å². The van der Waals surface area contributed by atoms with Crippen LogP contribution in [0.3, 0.4) is 0 Å². The van der Waals surface area contributed by atoms with E-state index < -0.39 is 11.5 Å². The summed E-state index contributed by atoms with van der Waals surface area (Å²) >= 11 is 1.65. The first kappa shape index (κ1) is 15.5. The highest BCUT2D eigenvalue weighted by molar-refractivity contribution is 7.10. The molecule has 0 unspecified atom stereocenters. The summed E-state index contributed by atoms with van der Waals surface area (Å²) in [5.41, 5.74) is 0.992. The second-order valence-corrected chi connectivity index (χ2v) is 6.48. The van der Waals surface area contributed by atoms with Gasteiger partial charge < -0.3 is 15.0 Å². The lowest BCUT2D eigenvalue weighted by atomic mass is 10.2. The van der Waals surface area contributed by atoms with Gasteiger partial charge in [-0.05, 0) is 36.4 Å². The summed E-state index contributed by atoms with van der Waals surface area (Å²) in [5.74, 6) is -0.683. The van der Waals surface area contributed by atoms with Gasteiger partial charge in [0.15, 0.2) is 0 Å². The zero-order chi connectivity index (χ0) is 16.6. The average molecular weight is 332 g/mol. The van der Waals surface area contributed by atoms with Gasteiger partial charge in [-0.3, -0.25) is 9.59 Å². The SMILES string of the molecule is COC(=O)c1c[nH]c(=O)c(NC(=O)[C@@H]2C[C@@H]2c2sccc2C)c1. The molecular formula is C16H16N2O4S. The Labute approximate surface area is 136 Å². The van der Waals surface area contributed by atoms with Crippen molar-refractivity contribution in [2.45, 2.75) is 19.3 Å². The lowest BCUT2D eigenvalue weighted by Crippen LogP contribution is -2.22. The van der Waals surface area contributed by atoms with E-state index in [1.165, 1.54) is 29.8 Å². The van der Waals surface area contributed by atoms with Gasteiger partial charge in [-0.25, -0.2) is 4.79 Å². The number of esters is 1. The minimum absolute atomic E-state index is 0.0615. The number of hydrogen-bond acceptors (Lipinski definition) is 5. The molecule has 6 nitrogen and oxygen atoms in total. The fraction of sp³-hybridized carbons (Fsp3) is 0.312. The third-order valence-corrected chi connectivity index (χ3v) is 5.10. The number of carbonyl (C=O) groups is 2. The number of anilines is 1. The van der Waals surface area contributed by atoms with Gasteiger partial charge in [0, 0.05) is 22.9 Å². The first-order valence-corrected chi connectivity index (χ1v) is 8.05. The van der Waals surface area contributed by atoms with Crippen LogP contribution in [0.4, 0.5) is 5.69 Å². The molecule has 0 radical (unpaired) electrons. The summed E-state index contributed by atoms with van der Waals surface area (Å²) in [6, 6.07) is 3.37. The smallest absolute Gasteiger partial charge is 0.339 e. The number of rotatable bonds is 4. The number of ether oxygens (including phenoxy) is 1. The lowest BCUT2D eigenvalue weighted by molar-refractivity contribution is -0.117. The van der Waals surface area contributed by atoms with E-state index in [1.807, 2.05) is 18.4 Å². The van der Waals surface area contributed by atoms with E-state index in [0.717, 1.165) is 6.42 Å². The van der Waals surface area contributed by atoms with Crippen LogP contribution in [0.1, 0.15) is 33.1 Å². The highest BCUT2D eigenvalue weighted by Gasteiger charge is 2.45. The van der Waals surface area contributed by atoms with E-state index in [1.54, 1.807) is 11.3 Å². The summed E-state index contributed by atoms with van der Waals surface area (Å²) in [7, 11) is 1.25. The zero-order valence-corrected chi connectivity index (χ0v) is 13.5. The summed E-state index contributed by atoms with van der Waals surface area (Å²) in [4.78, 5) is 39.3. The highest BCUT2D eigenvalue weighted by atomic mass is 32.1. The summed E-state index contributed by atoms with van der Waals surface area (Å²) in [5, 5.41) is 4.63. The first-order valence-electron chi connectivity index (χ1n) is 7.17. The third kappa shape index (κ3) is 3.05. The second-order valence-electron chi connectivity index (χ2n) is 5.53. The molecule has 0 bridgehead atoms. The molecule has 1 amide bonds. The number of pyridine rings is 1. The Balaban J connectivity index is 1.73.